The van der Waals surface area contributed by atoms with Crippen molar-refractivity contribution in [1.82, 2.24) is 5.32 Å². The zero-order chi connectivity index (χ0) is 17.4. The Morgan fingerprint density at radius 1 is 1.12 bits per heavy atom. The molecule has 5 heteroatoms. The fraction of sp³-hybridized carbons (Fsp3) is 0.600. The number of hydrogen-bond acceptors (Lipinski definition) is 4. The summed E-state index contributed by atoms with van der Waals surface area (Å²) in [4.78, 5) is 24.7. The topological polar surface area (TPSA) is 55.4 Å². The van der Waals surface area contributed by atoms with Crippen LogP contribution in [0.5, 0.6) is 5.75 Å². The Labute approximate surface area is 153 Å². The number of benzene rings is 1. The number of rotatable bonds is 5. The molecule has 0 heterocycles. The summed E-state index contributed by atoms with van der Waals surface area (Å²) in [5, 5.41) is 2.52. The number of methoxy groups -OCH3 is 1. The van der Waals surface area contributed by atoms with E-state index in [1.165, 1.54) is 45.6 Å². The predicted molar refractivity (Wildman–Crippen MR) is 98.8 cm³/mol. The van der Waals surface area contributed by atoms with Crippen molar-refractivity contribution in [2.45, 2.75) is 43.3 Å². The lowest BCUT2D eigenvalue weighted by molar-refractivity contribution is -0.117. The van der Waals surface area contributed by atoms with E-state index >= 15 is 0 Å². The molecule has 1 aromatic rings. The molecule has 4 nitrogen and oxygen atoms in total. The van der Waals surface area contributed by atoms with E-state index in [-0.39, 0.29) is 11.8 Å². The summed E-state index contributed by atoms with van der Waals surface area (Å²) < 4.78 is 5.49. The third-order valence-electron chi connectivity index (χ3n) is 6.10. The number of imide groups is 1. The molecular formula is C20H25NO3S. The summed E-state index contributed by atoms with van der Waals surface area (Å²) in [6, 6.07) is 6.98. The SMILES string of the molecule is COc1ccccc1C(=O)NC(=O)CSC12CC3CC(CC(C3)C1)C2. The van der Waals surface area contributed by atoms with E-state index in [0.29, 0.717) is 21.8 Å². The standard InChI is InChI=1S/C20H25NO3S/c1-24-17-5-3-2-4-16(17)19(23)21-18(22)12-25-20-9-13-6-14(10-20)8-15(7-13)11-20/h2-5,13-15H,6-12H2,1H3,(H,21,22,23). The molecule has 1 N–H and O–H groups in total. The van der Waals surface area contributed by atoms with Crippen molar-refractivity contribution in [1.29, 1.82) is 0 Å². The first kappa shape index (κ1) is 17.0. The summed E-state index contributed by atoms with van der Waals surface area (Å²) in [5.74, 6) is 2.89. The van der Waals surface area contributed by atoms with Gasteiger partial charge in [-0.3, -0.25) is 14.9 Å². The smallest absolute Gasteiger partial charge is 0.261 e. The fourth-order valence-corrected chi connectivity index (χ4v) is 7.06. The van der Waals surface area contributed by atoms with E-state index in [2.05, 4.69) is 5.32 Å². The van der Waals surface area contributed by atoms with Gasteiger partial charge in [0, 0.05) is 4.75 Å². The van der Waals surface area contributed by atoms with Crippen molar-refractivity contribution in [2.75, 3.05) is 12.9 Å². The monoisotopic (exact) mass is 359 g/mol. The van der Waals surface area contributed by atoms with Crippen LogP contribution < -0.4 is 10.1 Å². The summed E-state index contributed by atoms with van der Waals surface area (Å²) in [6.07, 6.45) is 7.99. The number of thioether (sulfide) groups is 1. The van der Waals surface area contributed by atoms with Crippen LogP contribution in [0.4, 0.5) is 0 Å². The van der Waals surface area contributed by atoms with Crippen LogP contribution in [-0.2, 0) is 4.79 Å². The molecule has 4 aliphatic carbocycles. The Hall–Kier alpha value is -1.49. The van der Waals surface area contributed by atoms with E-state index in [1.54, 1.807) is 36.0 Å². The van der Waals surface area contributed by atoms with E-state index in [0.717, 1.165) is 17.8 Å². The van der Waals surface area contributed by atoms with Crippen LogP contribution in [0.1, 0.15) is 48.9 Å². The molecule has 134 valence electrons. The van der Waals surface area contributed by atoms with Crippen molar-refractivity contribution in [3.05, 3.63) is 29.8 Å². The third kappa shape index (κ3) is 3.43. The van der Waals surface area contributed by atoms with Crippen LogP contribution in [0.15, 0.2) is 24.3 Å². The number of hydrogen-bond donors (Lipinski definition) is 1. The summed E-state index contributed by atoms with van der Waals surface area (Å²) in [7, 11) is 1.52. The first-order valence-corrected chi connectivity index (χ1v) is 10.2. The lowest BCUT2D eigenvalue weighted by Crippen LogP contribution is -2.49. The van der Waals surface area contributed by atoms with E-state index in [1.807, 2.05) is 0 Å². The molecule has 0 aliphatic heterocycles. The zero-order valence-corrected chi connectivity index (χ0v) is 15.4. The first-order valence-electron chi connectivity index (χ1n) is 9.18. The van der Waals surface area contributed by atoms with Gasteiger partial charge in [-0.1, -0.05) is 12.1 Å². The minimum Gasteiger partial charge on any atom is -0.496 e. The summed E-state index contributed by atoms with van der Waals surface area (Å²) in [5.41, 5.74) is 0.401. The van der Waals surface area contributed by atoms with Crippen LogP contribution in [-0.4, -0.2) is 29.4 Å². The van der Waals surface area contributed by atoms with Gasteiger partial charge in [-0.2, -0.15) is 0 Å². The Kier molecular flexibility index (Phi) is 4.52. The number of carbonyl (C=O) groups excluding carboxylic acids is 2. The highest BCUT2D eigenvalue weighted by molar-refractivity contribution is 8.01. The molecule has 4 saturated carbocycles. The van der Waals surface area contributed by atoms with Crippen LogP contribution in [0.25, 0.3) is 0 Å². The third-order valence-corrected chi connectivity index (χ3v) is 7.61. The van der Waals surface area contributed by atoms with Gasteiger partial charge in [0.05, 0.1) is 18.4 Å². The van der Waals surface area contributed by atoms with Crippen molar-refractivity contribution < 1.29 is 14.3 Å². The van der Waals surface area contributed by atoms with Gasteiger partial charge in [0.2, 0.25) is 5.91 Å². The molecule has 5 rings (SSSR count). The molecule has 4 bridgehead atoms. The quantitative estimate of drug-likeness (QED) is 0.872. The lowest BCUT2D eigenvalue weighted by Gasteiger charge is -2.56. The predicted octanol–water partition coefficient (Wildman–Crippen LogP) is 3.65. The average molecular weight is 359 g/mol. The Balaban J connectivity index is 1.34. The highest BCUT2D eigenvalue weighted by Crippen LogP contribution is 2.60. The van der Waals surface area contributed by atoms with E-state index < -0.39 is 0 Å². The maximum absolute atomic E-state index is 12.3. The fourth-order valence-electron chi connectivity index (χ4n) is 5.49. The Morgan fingerprint density at radius 3 is 2.32 bits per heavy atom. The molecule has 0 unspecified atom stereocenters. The van der Waals surface area contributed by atoms with Crippen LogP contribution in [0, 0.1) is 17.8 Å². The van der Waals surface area contributed by atoms with Crippen LogP contribution in [0.3, 0.4) is 0 Å². The van der Waals surface area contributed by atoms with Gasteiger partial charge in [0.25, 0.3) is 5.91 Å². The average Bonchev–Trinajstić information content (AvgIpc) is 2.59. The lowest BCUT2D eigenvalue weighted by atomic mass is 9.56. The molecule has 0 radical (unpaired) electrons. The van der Waals surface area contributed by atoms with Gasteiger partial charge >= 0.3 is 0 Å². The van der Waals surface area contributed by atoms with Crippen LogP contribution in [0.2, 0.25) is 0 Å². The second-order valence-corrected chi connectivity index (χ2v) is 9.41. The summed E-state index contributed by atoms with van der Waals surface area (Å²) >= 11 is 1.79. The highest BCUT2D eigenvalue weighted by atomic mass is 32.2. The van der Waals surface area contributed by atoms with Crippen molar-refractivity contribution in [3.63, 3.8) is 0 Å². The minimum atomic E-state index is -0.381. The van der Waals surface area contributed by atoms with Gasteiger partial charge < -0.3 is 4.74 Å². The van der Waals surface area contributed by atoms with Gasteiger partial charge in [0.1, 0.15) is 5.75 Å². The number of nitrogens with one attached hydrogen (secondary N) is 1. The number of ether oxygens (including phenoxy) is 1. The second kappa shape index (κ2) is 6.67. The van der Waals surface area contributed by atoms with Crippen molar-refractivity contribution >= 4 is 23.6 Å². The number of amides is 2. The molecule has 4 fully saturated rings. The van der Waals surface area contributed by atoms with Gasteiger partial charge in [-0.15, -0.1) is 11.8 Å². The number of para-hydroxylation sites is 1. The normalized spacial score (nSPS) is 32.4. The van der Waals surface area contributed by atoms with Gasteiger partial charge in [0.15, 0.2) is 0 Å². The molecule has 4 aliphatic rings. The zero-order valence-electron chi connectivity index (χ0n) is 14.6. The first-order chi connectivity index (χ1) is 12.1. The minimum absolute atomic E-state index is 0.198. The van der Waals surface area contributed by atoms with Crippen molar-refractivity contribution in [2.24, 2.45) is 17.8 Å². The molecule has 25 heavy (non-hydrogen) atoms. The molecule has 2 amide bonds. The Morgan fingerprint density at radius 2 is 1.72 bits per heavy atom. The maximum Gasteiger partial charge on any atom is 0.261 e. The molecule has 1 aromatic carbocycles. The Bertz CT molecular complexity index is 652. The molecule has 0 saturated heterocycles. The van der Waals surface area contributed by atoms with E-state index in [9.17, 15) is 9.59 Å². The van der Waals surface area contributed by atoms with Gasteiger partial charge in [-0.05, 0) is 68.4 Å². The molecule has 0 spiro atoms. The number of carbonyl (C=O) groups is 2. The maximum atomic E-state index is 12.3. The van der Waals surface area contributed by atoms with Gasteiger partial charge in [-0.25, -0.2) is 0 Å². The molecular weight excluding hydrogens is 334 g/mol. The van der Waals surface area contributed by atoms with Crippen LogP contribution >= 0.6 is 11.8 Å². The largest absolute Gasteiger partial charge is 0.496 e. The van der Waals surface area contributed by atoms with E-state index in [4.69, 9.17) is 4.74 Å². The highest BCUT2D eigenvalue weighted by Gasteiger charge is 2.51. The molecule has 0 atom stereocenters. The second-order valence-electron chi connectivity index (χ2n) is 7.97. The van der Waals surface area contributed by atoms with Crippen molar-refractivity contribution in [3.8, 4) is 5.75 Å². The summed E-state index contributed by atoms with van der Waals surface area (Å²) in [6.45, 7) is 0. The molecule has 0 aromatic heterocycles.